The van der Waals surface area contributed by atoms with Crippen LogP contribution in [0.1, 0.15) is 6.92 Å². The van der Waals surface area contributed by atoms with Crippen molar-refractivity contribution in [2.75, 3.05) is 26.2 Å². The van der Waals surface area contributed by atoms with Crippen LogP contribution in [0.4, 0.5) is 0 Å². The molecule has 0 radical (unpaired) electrons. The minimum absolute atomic E-state index is 0.0696. The Bertz CT molecular complexity index is 655. The van der Waals surface area contributed by atoms with Gasteiger partial charge in [-0.3, -0.25) is 0 Å². The molecule has 6 heteroatoms. The summed E-state index contributed by atoms with van der Waals surface area (Å²) < 4.78 is 13.8. The van der Waals surface area contributed by atoms with Gasteiger partial charge in [0.15, 0.2) is 23.6 Å². The van der Waals surface area contributed by atoms with Crippen LogP contribution in [0.3, 0.4) is 0 Å². The number of hydrogen-bond donors (Lipinski definition) is 2. The first-order valence-corrected chi connectivity index (χ1v) is 8.36. The molecule has 0 fully saturated rings. The third-order valence-corrected chi connectivity index (χ3v) is 3.69. The maximum atomic E-state index is 5.93. The van der Waals surface area contributed by atoms with Gasteiger partial charge in [0.1, 0.15) is 6.61 Å². The van der Waals surface area contributed by atoms with Gasteiger partial charge >= 0.3 is 0 Å². The number of nitrogens with one attached hydrogen (secondary N) is 2. The normalized spacial score (nSPS) is 16.7. The number of ether oxygens (including phenoxy) is 2. The van der Waals surface area contributed by atoms with E-state index < -0.39 is 0 Å². The van der Waals surface area contributed by atoms with Gasteiger partial charge in [0, 0.05) is 32.0 Å². The predicted molar refractivity (Wildman–Crippen MR) is 94.8 cm³/mol. The Balaban J connectivity index is 1.50. The van der Waals surface area contributed by atoms with Crippen molar-refractivity contribution >= 4 is 5.96 Å². The maximum absolute atomic E-state index is 5.93. The third kappa shape index (κ3) is 4.44. The lowest BCUT2D eigenvalue weighted by atomic mass is 10.2. The Morgan fingerprint density at radius 3 is 2.75 bits per heavy atom. The predicted octanol–water partition coefficient (Wildman–Crippen LogP) is 1.88. The molecule has 0 saturated heterocycles. The van der Waals surface area contributed by atoms with Gasteiger partial charge in [-0.1, -0.05) is 12.1 Å². The summed E-state index contributed by atoms with van der Waals surface area (Å²) >= 11 is 0. The van der Waals surface area contributed by atoms with E-state index in [1.807, 2.05) is 36.4 Å². The van der Waals surface area contributed by atoms with E-state index in [-0.39, 0.29) is 6.10 Å². The molecular weight excluding hydrogens is 304 g/mol. The fourth-order valence-electron chi connectivity index (χ4n) is 2.51. The first-order chi connectivity index (χ1) is 11.8. The van der Waals surface area contributed by atoms with Crippen LogP contribution in [0.5, 0.6) is 11.5 Å². The minimum atomic E-state index is -0.0696. The Labute approximate surface area is 142 Å². The summed E-state index contributed by atoms with van der Waals surface area (Å²) in [6, 6.07) is 11.8. The summed E-state index contributed by atoms with van der Waals surface area (Å²) in [5.41, 5.74) is 0. The van der Waals surface area contributed by atoms with Crippen molar-refractivity contribution in [3.8, 4) is 11.5 Å². The molecule has 0 saturated carbocycles. The van der Waals surface area contributed by atoms with Crippen molar-refractivity contribution < 1.29 is 9.47 Å². The molecule has 0 amide bonds. The van der Waals surface area contributed by atoms with E-state index in [9.17, 15) is 0 Å². The zero-order chi connectivity index (χ0) is 16.6. The molecule has 0 spiro atoms. The largest absolute Gasteiger partial charge is 0.486 e. The first kappa shape index (κ1) is 16.2. The molecule has 1 aliphatic rings. The van der Waals surface area contributed by atoms with Gasteiger partial charge in [0.05, 0.1) is 6.54 Å². The lowest BCUT2D eigenvalue weighted by molar-refractivity contribution is 0.0971. The van der Waals surface area contributed by atoms with Crippen LogP contribution in [-0.4, -0.2) is 42.9 Å². The van der Waals surface area contributed by atoms with Gasteiger partial charge in [0.2, 0.25) is 0 Å². The van der Waals surface area contributed by atoms with Crippen LogP contribution in [0.2, 0.25) is 0 Å². The maximum Gasteiger partial charge on any atom is 0.191 e. The molecular formula is C18H24N4O2. The van der Waals surface area contributed by atoms with Crippen LogP contribution < -0.4 is 20.1 Å². The van der Waals surface area contributed by atoms with E-state index in [0.717, 1.165) is 37.1 Å². The molecule has 2 aromatic rings. The summed E-state index contributed by atoms with van der Waals surface area (Å²) in [6.45, 7) is 5.65. The van der Waals surface area contributed by atoms with Crippen molar-refractivity contribution in [3.63, 3.8) is 0 Å². The second-order valence-electron chi connectivity index (χ2n) is 5.56. The molecule has 24 heavy (non-hydrogen) atoms. The fourth-order valence-corrected chi connectivity index (χ4v) is 2.51. The second kappa shape index (κ2) is 8.29. The number of aliphatic imine (C=N–C) groups is 1. The van der Waals surface area contributed by atoms with Gasteiger partial charge in [-0.15, -0.1) is 0 Å². The molecule has 1 unspecified atom stereocenters. The van der Waals surface area contributed by atoms with E-state index in [1.54, 1.807) is 0 Å². The van der Waals surface area contributed by atoms with Gasteiger partial charge in [0.25, 0.3) is 0 Å². The molecule has 1 atom stereocenters. The van der Waals surface area contributed by atoms with Gasteiger partial charge in [-0.05, 0) is 31.2 Å². The van der Waals surface area contributed by atoms with E-state index in [1.165, 1.54) is 0 Å². The summed E-state index contributed by atoms with van der Waals surface area (Å²) in [7, 11) is 0. The molecule has 2 N–H and O–H groups in total. The highest BCUT2D eigenvalue weighted by Gasteiger charge is 2.20. The number of nitrogens with zero attached hydrogens (tertiary/aromatic N) is 2. The van der Waals surface area contributed by atoms with Crippen molar-refractivity contribution in [1.82, 2.24) is 15.2 Å². The number of guanidine groups is 1. The van der Waals surface area contributed by atoms with Crippen molar-refractivity contribution in [1.29, 1.82) is 0 Å². The number of aromatic nitrogens is 1. The third-order valence-electron chi connectivity index (χ3n) is 3.69. The Morgan fingerprint density at radius 1 is 1.17 bits per heavy atom. The van der Waals surface area contributed by atoms with Crippen LogP contribution in [0.15, 0.2) is 53.8 Å². The van der Waals surface area contributed by atoms with Crippen molar-refractivity contribution in [3.05, 3.63) is 48.8 Å². The highest BCUT2D eigenvalue weighted by Crippen LogP contribution is 2.30. The first-order valence-electron chi connectivity index (χ1n) is 8.36. The Morgan fingerprint density at radius 2 is 1.96 bits per heavy atom. The minimum Gasteiger partial charge on any atom is -0.486 e. The average molecular weight is 328 g/mol. The van der Waals surface area contributed by atoms with Crippen molar-refractivity contribution in [2.45, 2.75) is 19.6 Å². The zero-order valence-electron chi connectivity index (χ0n) is 13.9. The Kier molecular flexibility index (Phi) is 5.61. The summed E-state index contributed by atoms with van der Waals surface area (Å²) in [4.78, 5) is 4.61. The van der Waals surface area contributed by atoms with Gasteiger partial charge in [-0.2, -0.15) is 0 Å². The highest BCUT2D eigenvalue weighted by molar-refractivity contribution is 5.79. The topological polar surface area (TPSA) is 59.8 Å². The monoisotopic (exact) mass is 328 g/mol. The number of hydrogen-bond acceptors (Lipinski definition) is 3. The van der Waals surface area contributed by atoms with Crippen LogP contribution in [0.25, 0.3) is 0 Å². The molecule has 1 aliphatic heterocycles. The molecule has 1 aromatic carbocycles. The summed E-state index contributed by atoms with van der Waals surface area (Å²) in [6.07, 6.45) is 4.03. The lowest BCUT2D eigenvalue weighted by Crippen LogP contribution is -2.40. The van der Waals surface area contributed by atoms with Gasteiger partial charge in [-0.25, -0.2) is 4.99 Å². The number of rotatable bonds is 6. The van der Waals surface area contributed by atoms with E-state index >= 15 is 0 Å². The highest BCUT2D eigenvalue weighted by atomic mass is 16.6. The fraction of sp³-hybridized carbons (Fsp3) is 0.389. The Hall–Kier alpha value is -2.63. The van der Waals surface area contributed by atoms with Crippen molar-refractivity contribution in [2.24, 2.45) is 4.99 Å². The summed E-state index contributed by atoms with van der Waals surface area (Å²) in [5, 5.41) is 6.59. The zero-order valence-corrected chi connectivity index (χ0v) is 13.9. The smallest absolute Gasteiger partial charge is 0.191 e. The van der Waals surface area contributed by atoms with E-state index in [4.69, 9.17) is 9.47 Å². The molecule has 2 heterocycles. The number of benzene rings is 1. The SMILES string of the molecule is CCNC(=NCC1COc2ccccc2O1)NCCn1cccc1. The quantitative estimate of drug-likeness (QED) is 0.628. The van der Waals surface area contributed by atoms with Gasteiger partial charge < -0.3 is 24.7 Å². The molecule has 0 bridgehead atoms. The average Bonchev–Trinajstić information content (AvgIpc) is 3.13. The summed E-state index contributed by atoms with van der Waals surface area (Å²) in [5.74, 6) is 2.39. The molecule has 0 aliphatic carbocycles. The second-order valence-corrected chi connectivity index (χ2v) is 5.56. The lowest BCUT2D eigenvalue weighted by Gasteiger charge is -2.25. The van der Waals surface area contributed by atoms with Crippen LogP contribution in [-0.2, 0) is 6.54 Å². The van der Waals surface area contributed by atoms with E-state index in [2.05, 4.69) is 39.5 Å². The number of fused-ring (bicyclic) bond motifs is 1. The van der Waals surface area contributed by atoms with Crippen LogP contribution >= 0.6 is 0 Å². The molecule has 128 valence electrons. The molecule has 6 nitrogen and oxygen atoms in total. The number of para-hydroxylation sites is 2. The standard InChI is InChI=1S/C18H24N4O2/c1-2-19-18(20-9-12-22-10-5-6-11-22)21-13-15-14-23-16-7-3-4-8-17(16)24-15/h3-8,10-11,15H,2,9,12-14H2,1H3,(H2,19,20,21). The molecule has 1 aromatic heterocycles. The molecule has 3 rings (SSSR count). The van der Waals surface area contributed by atoms with Crippen LogP contribution in [0, 0.1) is 0 Å². The van der Waals surface area contributed by atoms with E-state index in [0.29, 0.717) is 13.2 Å².